The molecule has 3 aromatic rings. The van der Waals surface area contributed by atoms with E-state index < -0.39 is 0 Å². The van der Waals surface area contributed by atoms with Crippen LogP contribution >= 0.6 is 11.6 Å². The Morgan fingerprint density at radius 3 is 2.56 bits per heavy atom. The fraction of sp³-hybridized carbons (Fsp3) is 0.143. The van der Waals surface area contributed by atoms with Crippen molar-refractivity contribution in [3.63, 3.8) is 0 Å². The summed E-state index contributed by atoms with van der Waals surface area (Å²) in [6.45, 7) is 4.16. The fourth-order valence-corrected chi connectivity index (χ4v) is 3.09. The van der Waals surface area contributed by atoms with Gasteiger partial charge in [0.2, 0.25) is 0 Å². The van der Waals surface area contributed by atoms with Gasteiger partial charge in [0.15, 0.2) is 0 Å². The number of carbonyl (C=O) groups is 1. The van der Waals surface area contributed by atoms with Gasteiger partial charge in [0, 0.05) is 22.6 Å². The van der Waals surface area contributed by atoms with Gasteiger partial charge in [-0.05, 0) is 44.2 Å². The quantitative estimate of drug-likeness (QED) is 0.494. The van der Waals surface area contributed by atoms with Crippen molar-refractivity contribution in [1.29, 1.82) is 0 Å². The van der Waals surface area contributed by atoms with E-state index in [1.165, 1.54) is 0 Å². The van der Waals surface area contributed by atoms with Crippen molar-refractivity contribution in [3.8, 4) is 5.69 Å². The van der Waals surface area contributed by atoms with E-state index in [4.69, 9.17) is 11.6 Å². The number of halogens is 1. The molecule has 0 radical (unpaired) electrons. The summed E-state index contributed by atoms with van der Waals surface area (Å²) in [7, 11) is 0. The zero-order valence-corrected chi connectivity index (χ0v) is 16.0. The highest BCUT2D eigenvalue weighted by atomic mass is 35.5. The van der Waals surface area contributed by atoms with Crippen LogP contribution in [0.2, 0.25) is 5.02 Å². The van der Waals surface area contributed by atoms with Gasteiger partial charge in [-0.3, -0.25) is 4.79 Å². The van der Waals surface area contributed by atoms with Crippen LogP contribution in [0.3, 0.4) is 0 Å². The van der Waals surface area contributed by atoms with E-state index in [0.29, 0.717) is 5.02 Å². The molecule has 5 nitrogen and oxygen atoms in total. The van der Waals surface area contributed by atoms with Crippen molar-refractivity contribution >= 4 is 29.4 Å². The second-order valence-corrected chi connectivity index (χ2v) is 6.53. The molecule has 138 valence electrons. The van der Waals surface area contributed by atoms with Crippen molar-refractivity contribution < 1.29 is 4.79 Å². The van der Waals surface area contributed by atoms with Gasteiger partial charge in [-0.15, -0.1) is 0 Å². The van der Waals surface area contributed by atoms with Crippen LogP contribution in [0.4, 0.5) is 5.69 Å². The number of anilines is 1. The molecule has 0 unspecified atom stereocenters. The van der Waals surface area contributed by atoms with E-state index in [9.17, 15) is 4.79 Å². The molecule has 6 heteroatoms. The lowest BCUT2D eigenvalue weighted by Gasteiger charge is -2.11. The van der Waals surface area contributed by atoms with Crippen molar-refractivity contribution in [3.05, 3.63) is 82.6 Å². The Labute approximate surface area is 163 Å². The standard InChI is InChI=1S/C21H21ClN4O/c1-15-12-17(16(2)26(15)20-11-7-6-10-19(20)22)13-24-25-21(27)14-23-18-8-4-3-5-9-18/h3-13,23H,14H2,1-2H3,(H,25,27)/b24-13-. The Kier molecular flexibility index (Phi) is 5.94. The molecule has 0 bridgehead atoms. The Bertz CT molecular complexity index is 964. The monoisotopic (exact) mass is 380 g/mol. The first-order chi connectivity index (χ1) is 13.1. The molecule has 3 rings (SSSR count). The van der Waals surface area contributed by atoms with Gasteiger partial charge in [-0.1, -0.05) is 41.9 Å². The molecule has 0 atom stereocenters. The summed E-state index contributed by atoms with van der Waals surface area (Å²) in [6.07, 6.45) is 1.65. The summed E-state index contributed by atoms with van der Waals surface area (Å²) in [5.74, 6) is -0.213. The van der Waals surface area contributed by atoms with Gasteiger partial charge in [0.25, 0.3) is 5.91 Å². The third-order valence-electron chi connectivity index (χ3n) is 4.18. The minimum Gasteiger partial charge on any atom is -0.376 e. The average molecular weight is 381 g/mol. The molecule has 0 aliphatic heterocycles. The van der Waals surface area contributed by atoms with Gasteiger partial charge in [-0.2, -0.15) is 5.10 Å². The first-order valence-corrected chi connectivity index (χ1v) is 8.98. The number of aromatic nitrogens is 1. The molecule has 0 aliphatic carbocycles. The largest absolute Gasteiger partial charge is 0.376 e. The fourth-order valence-electron chi connectivity index (χ4n) is 2.87. The zero-order valence-electron chi connectivity index (χ0n) is 15.2. The molecule has 0 fully saturated rings. The Morgan fingerprint density at radius 2 is 1.81 bits per heavy atom. The lowest BCUT2D eigenvalue weighted by Crippen LogP contribution is -2.25. The zero-order chi connectivity index (χ0) is 19.2. The van der Waals surface area contributed by atoms with Crippen LogP contribution in [-0.2, 0) is 4.79 Å². The van der Waals surface area contributed by atoms with E-state index in [1.807, 2.05) is 74.5 Å². The van der Waals surface area contributed by atoms with Crippen molar-refractivity contribution in [2.75, 3.05) is 11.9 Å². The second kappa shape index (κ2) is 8.56. The van der Waals surface area contributed by atoms with Crippen LogP contribution in [0, 0.1) is 13.8 Å². The maximum atomic E-state index is 11.9. The predicted octanol–water partition coefficient (Wildman–Crippen LogP) is 4.31. The predicted molar refractivity (Wildman–Crippen MR) is 111 cm³/mol. The first-order valence-electron chi connectivity index (χ1n) is 8.61. The number of benzene rings is 2. The van der Waals surface area contributed by atoms with E-state index >= 15 is 0 Å². The van der Waals surface area contributed by atoms with Crippen LogP contribution in [-0.4, -0.2) is 23.2 Å². The summed E-state index contributed by atoms with van der Waals surface area (Å²) in [6, 6.07) is 19.3. The Morgan fingerprint density at radius 1 is 1.11 bits per heavy atom. The van der Waals surface area contributed by atoms with Gasteiger partial charge in [0.05, 0.1) is 23.5 Å². The molecule has 1 amide bonds. The average Bonchev–Trinajstić information content (AvgIpc) is 2.95. The maximum Gasteiger partial charge on any atom is 0.259 e. The topological polar surface area (TPSA) is 58.4 Å². The van der Waals surface area contributed by atoms with Crippen molar-refractivity contribution in [2.45, 2.75) is 13.8 Å². The smallest absolute Gasteiger partial charge is 0.259 e. The van der Waals surface area contributed by atoms with Gasteiger partial charge in [-0.25, -0.2) is 5.43 Å². The summed E-state index contributed by atoms with van der Waals surface area (Å²) in [5.41, 5.74) is 7.31. The van der Waals surface area contributed by atoms with Crippen LogP contribution in [0.25, 0.3) is 5.69 Å². The number of hydrazone groups is 1. The minimum absolute atomic E-state index is 0.153. The highest BCUT2D eigenvalue weighted by molar-refractivity contribution is 6.32. The number of amides is 1. The normalized spacial score (nSPS) is 10.9. The second-order valence-electron chi connectivity index (χ2n) is 6.13. The number of nitrogens with zero attached hydrogens (tertiary/aromatic N) is 2. The van der Waals surface area contributed by atoms with Gasteiger partial charge in [0.1, 0.15) is 0 Å². The van der Waals surface area contributed by atoms with Crippen molar-refractivity contribution in [1.82, 2.24) is 9.99 Å². The number of carbonyl (C=O) groups excluding carboxylic acids is 1. The summed E-state index contributed by atoms with van der Waals surface area (Å²) in [4.78, 5) is 11.9. The molecule has 0 saturated carbocycles. The Hall–Kier alpha value is -3.05. The lowest BCUT2D eigenvalue weighted by molar-refractivity contribution is -0.119. The van der Waals surface area contributed by atoms with Gasteiger partial charge >= 0.3 is 0 Å². The molecule has 0 spiro atoms. The number of rotatable bonds is 6. The molecule has 27 heavy (non-hydrogen) atoms. The van der Waals surface area contributed by atoms with Crippen LogP contribution < -0.4 is 10.7 Å². The van der Waals surface area contributed by atoms with E-state index in [1.54, 1.807) is 6.21 Å². The molecule has 2 N–H and O–H groups in total. The van der Waals surface area contributed by atoms with Crippen LogP contribution in [0.5, 0.6) is 0 Å². The number of hydrogen-bond acceptors (Lipinski definition) is 3. The number of nitrogens with one attached hydrogen (secondary N) is 2. The highest BCUT2D eigenvalue weighted by Crippen LogP contribution is 2.25. The summed E-state index contributed by atoms with van der Waals surface area (Å²) < 4.78 is 2.07. The summed E-state index contributed by atoms with van der Waals surface area (Å²) in [5, 5.41) is 7.80. The molecule has 0 aliphatic rings. The molecular weight excluding hydrogens is 360 g/mol. The molecular formula is C21H21ClN4O. The third kappa shape index (κ3) is 4.57. The minimum atomic E-state index is -0.213. The summed E-state index contributed by atoms with van der Waals surface area (Å²) >= 11 is 6.32. The van der Waals surface area contributed by atoms with Crippen LogP contribution in [0.15, 0.2) is 65.8 Å². The van der Waals surface area contributed by atoms with Gasteiger partial charge < -0.3 is 9.88 Å². The van der Waals surface area contributed by atoms with Crippen LogP contribution in [0.1, 0.15) is 17.0 Å². The lowest BCUT2D eigenvalue weighted by atomic mass is 10.2. The van der Waals surface area contributed by atoms with Crippen molar-refractivity contribution in [2.24, 2.45) is 5.10 Å². The Balaban J connectivity index is 1.65. The van der Waals surface area contributed by atoms with E-state index in [-0.39, 0.29) is 12.5 Å². The van der Waals surface area contributed by atoms with E-state index in [2.05, 4.69) is 20.4 Å². The highest BCUT2D eigenvalue weighted by Gasteiger charge is 2.11. The molecule has 0 saturated heterocycles. The first kappa shape index (κ1) is 18.7. The van der Waals surface area contributed by atoms with E-state index in [0.717, 1.165) is 28.3 Å². The number of hydrogen-bond donors (Lipinski definition) is 2. The number of aryl methyl sites for hydroxylation is 1. The maximum absolute atomic E-state index is 11.9. The molecule has 2 aromatic carbocycles. The molecule has 1 heterocycles. The SMILES string of the molecule is Cc1cc(/C=N\NC(=O)CNc2ccccc2)c(C)n1-c1ccccc1Cl. The molecule has 1 aromatic heterocycles. The number of para-hydroxylation sites is 2. The third-order valence-corrected chi connectivity index (χ3v) is 4.50.